The third kappa shape index (κ3) is 4.29. The van der Waals surface area contributed by atoms with Crippen LogP contribution in [0.3, 0.4) is 0 Å². The van der Waals surface area contributed by atoms with Crippen LogP contribution in [0.25, 0.3) is 5.57 Å². The predicted octanol–water partition coefficient (Wildman–Crippen LogP) is 4.91. The van der Waals surface area contributed by atoms with Crippen LogP contribution in [0.1, 0.15) is 37.3 Å². The van der Waals surface area contributed by atoms with Gasteiger partial charge in [0.05, 0.1) is 5.56 Å². The van der Waals surface area contributed by atoms with Crippen LogP contribution in [0.5, 0.6) is 0 Å². The first-order chi connectivity index (χ1) is 8.45. The molecule has 0 saturated heterocycles. The van der Waals surface area contributed by atoms with Crippen molar-refractivity contribution in [1.29, 1.82) is 0 Å². The van der Waals surface area contributed by atoms with E-state index in [9.17, 15) is 13.2 Å². The van der Waals surface area contributed by atoms with Gasteiger partial charge < -0.3 is 0 Å². The van der Waals surface area contributed by atoms with Crippen LogP contribution >= 0.6 is 0 Å². The average molecular weight is 252 g/mol. The van der Waals surface area contributed by atoms with Crippen molar-refractivity contribution in [2.45, 2.75) is 32.4 Å². The van der Waals surface area contributed by atoms with Crippen molar-refractivity contribution in [3.05, 3.63) is 42.0 Å². The number of halogens is 3. The van der Waals surface area contributed by atoms with Gasteiger partial charge in [-0.3, -0.25) is 0 Å². The number of allylic oxidation sites excluding steroid dienone is 1. The molecule has 0 nitrogen and oxygen atoms in total. The molecule has 0 aliphatic rings. The number of rotatable bonds is 3. The van der Waals surface area contributed by atoms with Crippen molar-refractivity contribution >= 4 is 5.57 Å². The quantitative estimate of drug-likeness (QED) is 0.529. The Kier molecular flexibility index (Phi) is 5.03. The van der Waals surface area contributed by atoms with Crippen molar-refractivity contribution in [2.75, 3.05) is 0 Å². The summed E-state index contributed by atoms with van der Waals surface area (Å²) >= 11 is 0. The topological polar surface area (TPSA) is 0 Å². The maximum absolute atomic E-state index is 12.4. The molecule has 0 aliphatic heterocycles. The number of hydrogen-bond donors (Lipinski definition) is 0. The first-order valence-electron chi connectivity index (χ1n) is 5.80. The van der Waals surface area contributed by atoms with Crippen LogP contribution in [-0.2, 0) is 6.18 Å². The van der Waals surface area contributed by atoms with E-state index in [4.69, 9.17) is 0 Å². The Morgan fingerprint density at radius 2 is 1.83 bits per heavy atom. The highest BCUT2D eigenvalue weighted by Gasteiger charge is 2.29. The Morgan fingerprint density at radius 3 is 2.33 bits per heavy atom. The molecule has 96 valence electrons. The van der Waals surface area contributed by atoms with E-state index in [2.05, 4.69) is 25.3 Å². The third-order valence-electron chi connectivity index (χ3n) is 2.46. The summed E-state index contributed by atoms with van der Waals surface area (Å²) in [7, 11) is 0. The summed E-state index contributed by atoms with van der Waals surface area (Å²) in [6, 6.07) is 4.90. The van der Waals surface area contributed by atoms with Gasteiger partial charge >= 0.3 is 6.18 Å². The predicted molar refractivity (Wildman–Crippen MR) is 67.8 cm³/mol. The largest absolute Gasteiger partial charge is 0.416 e. The molecule has 1 rings (SSSR count). The molecule has 3 heteroatoms. The first-order valence-corrected chi connectivity index (χ1v) is 5.80. The second-order valence-corrected chi connectivity index (χ2v) is 3.96. The fraction of sp³-hybridized carbons (Fsp3) is 0.333. The van der Waals surface area contributed by atoms with E-state index in [-0.39, 0.29) is 0 Å². The average Bonchev–Trinajstić information content (AvgIpc) is 2.33. The molecule has 0 radical (unpaired) electrons. The van der Waals surface area contributed by atoms with Gasteiger partial charge in [0, 0.05) is 12.0 Å². The number of hydrogen-bond acceptors (Lipinski definition) is 0. The maximum Gasteiger partial charge on any atom is 0.416 e. The molecule has 0 aliphatic carbocycles. The molecular weight excluding hydrogens is 237 g/mol. The molecule has 0 saturated carbocycles. The molecule has 0 atom stereocenters. The number of alkyl halides is 3. The minimum Gasteiger partial charge on any atom is -0.166 e. The lowest BCUT2D eigenvalue weighted by molar-refractivity contribution is -0.137. The molecule has 0 bridgehead atoms. The number of unbranched alkanes of at least 4 members (excludes halogenated alkanes) is 2. The van der Waals surface area contributed by atoms with Crippen LogP contribution in [0, 0.1) is 11.8 Å². The summed E-state index contributed by atoms with van der Waals surface area (Å²) in [5.74, 6) is 5.82. The second-order valence-electron chi connectivity index (χ2n) is 3.96. The van der Waals surface area contributed by atoms with Crippen molar-refractivity contribution < 1.29 is 13.2 Å². The standard InChI is InChI=1S/C15H15F3/c1-3-4-5-6-7-12(2)13-8-10-14(11-9-13)15(16,17)18/h8-11H,2-5H2,1H3. The van der Waals surface area contributed by atoms with Gasteiger partial charge in [-0.05, 0) is 24.1 Å². The highest BCUT2D eigenvalue weighted by atomic mass is 19.4. The van der Waals surface area contributed by atoms with Crippen LogP contribution < -0.4 is 0 Å². The zero-order chi connectivity index (χ0) is 13.6. The highest BCUT2D eigenvalue weighted by Crippen LogP contribution is 2.29. The second kappa shape index (κ2) is 6.30. The van der Waals surface area contributed by atoms with E-state index < -0.39 is 11.7 Å². The molecule has 0 N–H and O–H groups in total. The fourth-order valence-electron chi connectivity index (χ4n) is 1.37. The molecule has 1 aromatic carbocycles. The summed E-state index contributed by atoms with van der Waals surface area (Å²) in [6.45, 7) is 5.84. The maximum atomic E-state index is 12.4. The molecule has 0 fully saturated rings. The SMILES string of the molecule is C=C(C#CCCCC)c1ccc(C(F)(F)F)cc1. The van der Waals surface area contributed by atoms with Crippen LogP contribution in [0.15, 0.2) is 30.8 Å². The molecule has 0 aromatic heterocycles. The van der Waals surface area contributed by atoms with E-state index in [0.717, 1.165) is 31.4 Å². The highest BCUT2D eigenvalue weighted by molar-refractivity contribution is 5.76. The van der Waals surface area contributed by atoms with Gasteiger partial charge in [-0.15, -0.1) is 0 Å². The smallest absolute Gasteiger partial charge is 0.166 e. The normalized spacial score (nSPS) is 10.7. The van der Waals surface area contributed by atoms with Crippen molar-refractivity contribution in [2.24, 2.45) is 0 Å². The van der Waals surface area contributed by atoms with Gasteiger partial charge in [-0.25, -0.2) is 0 Å². The first kappa shape index (κ1) is 14.4. The lowest BCUT2D eigenvalue weighted by Crippen LogP contribution is -2.04. The molecule has 0 unspecified atom stereocenters. The number of benzene rings is 1. The minimum absolute atomic E-state index is 0.555. The molecule has 0 heterocycles. The third-order valence-corrected chi connectivity index (χ3v) is 2.46. The summed E-state index contributed by atoms with van der Waals surface area (Å²) < 4.78 is 37.1. The van der Waals surface area contributed by atoms with Crippen LogP contribution in [-0.4, -0.2) is 0 Å². The Morgan fingerprint density at radius 1 is 1.22 bits per heavy atom. The zero-order valence-electron chi connectivity index (χ0n) is 10.3. The monoisotopic (exact) mass is 252 g/mol. The Labute approximate surface area is 106 Å². The summed E-state index contributed by atoms with van der Waals surface area (Å²) in [5, 5.41) is 0. The lowest BCUT2D eigenvalue weighted by Gasteiger charge is -2.06. The van der Waals surface area contributed by atoms with Gasteiger partial charge in [0.15, 0.2) is 0 Å². The van der Waals surface area contributed by atoms with Gasteiger partial charge in [0.1, 0.15) is 0 Å². The van der Waals surface area contributed by atoms with Crippen molar-refractivity contribution in [3.63, 3.8) is 0 Å². The molecule has 0 spiro atoms. The van der Waals surface area contributed by atoms with E-state index >= 15 is 0 Å². The Hall–Kier alpha value is -1.69. The lowest BCUT2D eigenvalue weighted by atomic mass is 10.1. The van der Waals surface area contributed by atoms with Gasteiger partial charge in [-0.1, -0.05) is 43.9 Å². The fourth-order valence-corrected chi connectivity index (χ4v) is 1.37. The molecule has 1 aromatic rings. The van der Waals surface area contributed by atoms with E-state index in [1.807, 2.05) is 0 Å². The zero-order valence-corrected chi connectivity index (χ0v) is 10.3. The molecular formula is C15H15F3. The van der Waals surface area contributed by atoms with E-state index in [0.29, 0.717) is 11.1 Å². The minimum atomic E-state index is -4.30. The van der Waals surface area contributed by atoms with Gasteiger partial charge in [-0.2, -0.15) is 13.2 Å². The molecule has 18 heavy (non-hydrogen) atoms. The molecule has 0 amide bonds. The van der Waals surface area contributed by atoms with E-state index in [1.165, 1.54) is 12.1 Å². The summed E-state index contributed by atoms with van der Waals surface area (Å²) in [6.07, 6.45) is -1.42. The van der Waals surface area contributed by atoms with Crippen molar-refractivity contribution in [3.8, 4) is 11.8 Å². The van der Waals surface area contributed by atoms with Crippen LogP contribution in [0.2, 0.25) is 0 Å². The Balaban J connectivity index is 2.73. The van der Waals surface area contributed by atoms with Gasteiger partial charge in [0.2, 0.25) is 0 Å². The summed E-state index contributed by atoms with van der Waals surface area (Å²) in [5.41, 5.74) is 0.532. The van der Waals surface area contributed by atoms with E-state index in [1.54, 1.807) is 0 Å². The van der Waals surface area contributed by atoms with Gasteiger partial charge in [0.25, 0.3) is 0 Å². The van der Waals surface area contributed by atoms with Crippen molar-refractivity contribution in [1.82, 2.24) is 0 Å². The Bertz CT molecular complexity index is 455. The van der Waals surface area contributed by atoms with Crippen LogP contribution in [0.4, 0.5) is 13.2 Å². The summed E-state index contributed by atoms with van der Waals surface area (Å²) in [4.78, 5) is 0.